The lowest BCUT2D eigenvalue weighted by atomic mass is 9.49. The Morgan fingerprint density at radius 3 is 2.18 bits per heavy atom. The molecule has 1 aromatic heterocycles. The molecule has 2 N–H and O–H groups in total. The Labute approximate surface area is 330 Å². The molecule has 3 aromatic rings. The molecule has 290 valence electrons. The summed E-state index contributed by atoms with van der Waals surface area (Å²) in [4.78, 5) is 72.3. The van der Waals surface area contributed by atoms with E-state index in [4.69, 9.17) is 21.3 Å². The van der Waals surface area contributed by atoms with Gasteiger partial charge in [-0.05, 0) is 85.5 Å². The predicted octanol–water partition coefficient (Wildman–Crippen LogP) is 5.91. The molecule has 56 heavy (non-hydrogen) atoms. The highest BCUT2D eigenvalue weighted by Gasteiger charge is 2.64. The number of rotatable bonds is 8. The number of nitrogens with zero attached hydrogens (tertiary/aromatic N) is 4. The molecule has 8 rings (SSSR count). The molecule has 2 aromatic carbocycles. The number of hydrogen-bond donors (Lipinski definition) is 2. The Kier molecular flexibility index (Phi) is 9.53. The number of aromatic nitrogens is 1. The van der Waals surface area contributed by atoms with Gasteiger partial charge in [-0.3, -0.25) is 44.1 Å². The van der Waals surface area contributed by atoms with E-state index in [2.05, 4.69) is 49.3 Å². The highest BCUT2D eigenvalue weighted by molar-refractivity contribution is 6.31. The first-order valence-electron chi connectivity index (χ1n) is 19.4. The molecule has 5 amide bonds. The fourth-order valence-corrected chi connectivity index (χ4v) is 10.4. The second-order valence-corrected chi connectivity index (χ2v) is 17.7. The van der Waals surface area contributed by atoms with E-state index in [0.717, 1.165) is 53.9 Å². The van der Waals surface area contributed by atoms with Crippen LogP contribution in [0.3, 0.4) is 0 Å². The van der Waals surface area contributed by atoms with Crippen LogP contribution in [0.15, 0.2) is 48.7 Å². The van der Waals surface area contributed by atoms with Crippen LogP contribution in [0.1, 0.15) is 126 Å². The highest BCUT2D eigenvalue weighted by Crippen LogP contribution is 2.55. The van der Waals surface area contributed by atoms with Gasteiger partial charge in [0.2, 0.25) is 11.8 Å². The minimum atomic E-state index is -0.967. The molecule has 0 bridgehead atoms. The van der Waals surface area contributed by atoms with Crippen LogP contribution in [0.25, 0.3) is 0 Å². The van der Waals surface area contributed by atoms with Gasteiger partial charge in [0.25, 0.3) is 17.7 Å². The van der Waals surface area contributed by atoms with Crippen molar-refractivity contribution >= 4 is 41.1 Å². The second kappa shape index (κ2) is 14.1. The summed E-state index contributed by atoms with van der Waals surface area (Å²) in [6.07, 6.45) is 5.84. The minimum absolute atomic E-state index is 0.0932. The average molecular weight is 777 g/mol. The number of benzene rings is 2. The standard InChI is InChI=1S/C43H45ClN6O6/c1-42(2)40(43(3,4)41(42)56-29-11-9-25(18-45)32(44)17-29)48-36(52)26-10-12-33(46-19-26)24-7-5-23(6-8-24)20-49-21-27-15-30-31(16-28(27)22-49)39(55)50(38(30)54)34-13-14-35(51)47-37(34)53/h9-12,15-17,19,23-24,34,40-41H,5-8,13-14,20-22H2,1-4H3,(H,48,52)(H,47,51,53)/t23-,24-,34?,40-,41-. The summed E-state index contributed by atoms with van der Waals surface area (Å²) < 4.78 is 6.37. The molecular weight excluding hydrogens is 732 g/mol. The van der Waals surface area contributed by atoms with Crippen molar-refractivity contribution in [3.05, 3.63) is 92.8 Å². The first kappa shape index (κ1) is 37.8. The zero-order chi connectivity index (χ0) is 39.7. The van der Waals surface area contributed by atoms with E-state index in [1.807, 2.05) is 24.3 Å². The van der Waals surface area contributed by atoms with Crippen LogP contribution in [-0.2, 0) is 22.7 Å². The third-order valence-electron chi connectivity index (χ3n) is 12.8. The Balaban J connectivity index is 0.822. The molecule has 1 unspecified atom stereocenters. The number of amides is 5. The number of nitrogens with one attached hydrogen (secondary N) is 2. The molecule has 0 spiro atoms. The number of halogens is 1. The van der Waals surface area contributed by atoms with E-state index in [9.17, 15) is 29.2 Å². The van der Waals surface area contributed by atoms with E-state index in [0.29, 0.717) is 58.0 Å². The molecule has 3 aliphatic heterocycles. The first-order chi connectivity index (χ1) is 26.6. The summed E-state index contributed by atoms with van der Waals surface area (Å²) in [5, 5.41) is 15.0. The van der Waals surface area contributed by atoms with Crippen molar-refractivity contribution < 1.29 is 28.7 Å². The number of nitriles is 1. The van der Waals surface area contributed by atoms with Gasteiger partial charge in [-0.15, -0.1) is 0 Å². The summed E-state index contributed by atoms with van der Waals surface area (Å²) in [6.45, 7) is 10.6. The summed E-state index contributed by atoms with van der Waals surface area (Å²) in [5.41, 5.74) is 3.89. The van der Waals surface area contributed by atoms with Gasteiger partial charge in [-0.1, -0.05) is 39.3 Å². The number of hydrogen-bond acceptors (Lipinski definition) is 9. The summed E-state index contributed by atoms with van der Waals surface area (Å²) in [5.74, 6) is -0.687. The zero-order valence-electron chi connectivity index (χ0n) is 32.0. The van der Waals surface area contributed by atoms with Crippen molar-refractivity contribution in [2.45, 2.75) is 103 Å². The third kappa shape index (κ3) is 6.54. The number of pyridine rings is 1. The molecule has 0 radical (unpaired) electrons. The van der Waals surface area contributed by atoms with Crippen LogP contribution >= 0.6 is 11.6 Å². The van der Waals surface area contributed by atoms with E-state index >= 15 is 0 Å². The van der Waals surface area contributed by atoms with Crippen molar-refractivity contribution in [3.63, 3.8) is 0 Å². The number of carbonyl (C=O) groups is 5. The highest BCUT2D eigenvalue weighted by atomic mass is 35.5. The fourth-order valence-electron chi connectivity index (χ4n) is 10.2. The third-order valence-corrected chi connectivity index (χ3v) is 13.1. The van der Waals surface area contributed by atoms with Crippen molar-refractivity contribution in [1.29, 1.82) is 5.26 Å². The van der Waals surface area contributed by atoms with Crippen molar-refractivity contribution in [2.24, 2.45) is 16.7 Å². The van der Waals surface area contributed by atoms with Crippen molar-refractivity contribution in [2.75, 3.05) is 6.54 Å². The predicted molar refractivity (Wildman–Crippen MR) is 206 cm³/mol. The van der Waals surface area contributed by atoms with Gasteiger partial charge in [0.15, 0.2) is 0 Å². The Morgan fingerprint density at radius 2 is 1.61 bits per heavy atom. The number of fused-ring (bicyclic) bond motifs is 2. The van der Waals surface area contributed by atoms with Gasteiger partial charge < -0.3 is 10.1 Å². The number of imide groups is 2. The smallest absolute Gasteiger partial charge is 0.262 e. The second-order valence-electron chi connectivity index (χ2n) is 17.3. The van der Waals surface area contributed by atoms with Crippen LogP contribution < -0.4 is 15.4 Å². The summed E-state index contributed by atoms with van der Waals surface area (Å²) >= 11 is 6.24. The van der Waals surface area contributed by atoms with E-state index in [1.54, 1.807) is 24.4 Å². The molecule has 3 fully saturated rings. The van der Waals surface area contributed by atoms with Crippen LogP contribution in [0, 0.1) is 28.1 Å². The topological polar surface area (TPSA) is 162 Å². The van der Waals surface area contributed by atoms with E-state index in [1.165, 1.54) is 0 Å². The molecule has 1 saturated heterocycles. The maximum Gasteiger partial charge on any atom is 0.262 e. The molecular formula is C43H45ClN6O6. The fraction of sp³-hybridized carbons (Fsp3) is 0.465. The molecule has 12 nitrogen and oxygen atoms in total. The van der Waals surface area contributed by atoms with E-state index < -0.39 is 29.7 Å². The normalized spacial score (nSPS) is 26.5. The van der Waals surface area contributed by atoms with Crippen molar-refractivity contribution in [1.82, 2.24) is 25.4 Å². The first-order valence-corrected chi connectivity index (χ1v) is 19.8. The molecule has 1 atom stereocenters. The number of carbonyl (C=O) groups excluding carboxylic acids is 5. The molecule has 5 aliphatic rings. The quantitative estimate of drug-likeness (QED) is 0.265. The molecule has 4 heterocycles. The molecule has 2 aliphatic carbocycles. The lowest BCUT2D eigenvalue weighted by Gasteiger charge is -2.63. The van der Waals surface area contributed by atoms with Crippen LogP contribution in [-0.4, -0.2) is 69.1 Å². The summed E-state index contributed by atoms with van der Waals surface area (Å²) in [6, 6.07) is 13.5. The Hall–Kier alpha value is -5.12. The number of piperidine rings is 1. The minimum Gasteiger partial charge on any atom is -0.489 e. The maximum absolute atomic E-state index is 13.5. The van der Waals surface area contributed by atoms with Gasteiger partial charge in [-0.25, -0.2) is 0 Å². The monoisotopic (exact) mass is 776 g/mol. The average Bonchev–Trinajstić information content (AvgIpc) is 3.67. The lowest BCUT2D eigenvalue weighted by Crippen LogP contribution is -2.74. The SMILES string of the molecule is CC1(C)[C@H](NC(=O)c2ccc([C@H]3CC[C@H](CN4Cc5cc6c(cc5C4)C(=O)N(C4CCC(=O)NC4=O)C6=O)CC3)nc2)C(C)(C)[C@H]1Oc1ccc(C#N)c(Cl)c1. The Bertz CT molecular complexity index is 2140. The summed E-state index contributed by atoms with van der Waals surface area (Å²) in [7, 11) is 0. The van der Waals surface area contributed by atoms with Gasteiger partial charge in [0.1, 0.15) is 24.0 Å². The number of ether oxygens (including phenoxy) is 1. The zero-order valence-corrected chi connectivity index (χ0v) is 32.7. The van der Waals surface area contributed by atoms with Gasteiger partial charge >= 0.3 is 0 Å². The molecule has 2 saturated carbocycles. The van der Waals surface area contributed by atoms with Crippen molar-refractivity contribution in [3.8, 4) is 11.8 Å². The van der Waals surface area contributed by atoms with E-state index in [-0.39, 0.29) is 41.7 Å². The van der Waals surface area contributed by atoms with Crippen LogP contribution in [0.5, 0.6) is 5.75 Å². The van der Waals surface area contributed by atoms with Gasteiger partial charge in [0, 0.05) is 66.8 Å². The Morgan fingerprint density at radius 1 is 0.946 bits per heavy atom. The molecule has 13 heteroatoms. The van der Waals surface area contributed by atoms with Gasteiger partial charge in [0.05, 0.1) is 27.3 Å². The van der Waals surface area contributed by atoms with Crippen LogP contribution in [0.4, 0.5) is 0 Å². The van der Waals surface area contributed by atoms with Crippen LogP contribution in [0.2, 0.25) is 5.02 Å². The largest absolute Gasteiger partial charge is 0.489 e. The lowest BCUT2D eigenvalue weighted by molar-refractivity contribution is -0.164. The van der Waals surface area contributed by atoms with Gasteiger partial charge in [-0.2, -0.15) is 5.26 Å². The maximum atomic E-state index is 13.5.